The number of phenolic OH excluding ortho intramolecular Hbond substituents is 2. The first-order valence-corrected chi connectivity index (χ1v) is 28.4. The quantitative estimate of drug-likeness (QED) is 0.0259. The van der Waals surface area contributed by atoms with E-state index in [1.807, 2.05) is 0 Å². The number of nitrogens with one attached hydrogen (secondary N) is 10. The van der Waals surface area contributed by atoms with Crippen LogP contribution in [0.5, 0.6) is 11.5 Å². The summed E-state index contributed by atoms with van der Waals surface area (Å²) in [6.45, 7) is 1.31. The topological polar surface area (TPSA) is 383 Å². The molecule has 462 valence electrons. The molecule has 0 radical (unpaired) electrons. The number of carbonyl (C=O) groups is 10. The summed E-state index contributed by atoms with van der Waals surface area (Å²) < 4.78 is 0. The van der Waals surface area contributed by atoms with E-state index in [9.17, 15) is 58.2 Å². The highest BCUT2D eigenvalue weighted by atomic mass is 16.3. The van der Waals surface area contributed by atoms with Crippen molar-refractivity contribution < 1.29 is 58.2 Å². The van der Waals surface area contributed by atoms with Crippen molar-refractivity contribution in [3.05, 3.63) is 203 Å². The highest BCUT2D eigenvalue weighted by molar-refractivity contribution is 5.97. The molecule has 10 amide bonds. The number of amides is 10. The van der Waals surface area contributed by atoms with E-state index >= 15 is 0 Å². The second kappa shape index (κ2) is 33.9. The molecule has 0 aromatic heterocycles. The summed E-state index contributed by atoms with van der Waals surface area (Å²) in [6.07, 6.45) is 0.267. The molecule has 24 nitrogen and oxygen atoms in total. The first-order valence-electron chi connectivity index (χ1n) is 28.4. The van der Waals surface area contributed by atoms with E-state index in [4.69, 9.17) is 11.5 Å². The van der Waals surface area contributed by atoms with Crippen molar-refractivity contribution in [3.8, 4) is 11.5 Å². The second-order valence-corrected chi connectivity index (χ2v) is 20.8. The molecule has 0 saturated heterocycles. The predicted molar refractivity (Wildman–Crippen MR) is 326 cm³/mol. The summed E-state index contributed by atoms with van der Waals surface area (Å²) in [6, 6.07) is 37.0. The SMILES string of the molecule is C[C@@H](NC(=O)[C@@H](N)Cc1ccc(O)cc1)C(=O)N[C@@H](Cc1ccccc1)C(=O)NCC(=O)N[C@@H](C(=O)NCCNC(=O)[C@H](NC(=O)CNC(=O)[C@H](Cc1ccccc1)NC(=O)[C@@H](C)NC(=O)[C@@H](N)Cc1ccc(O)cc1)c1ccccc1)c1ccccc1. The summed E-state index contributed by atoms with van der Waals surface area (Å²) in [5, 5.41) is 45.3. The van der Waals surface area contributed by atoms with Gasteiger partial charge in [-0.05, 0) is 84.3 Å². The van der Waals surface area contributed by atoms with Crippen LogP contribution in [-0.2, 0) is 73.6 Å². The maximum Gasteiger partial charge on any atom is 0.247 e. The second-order valence-electron chi connectivity index (χ2n) is 20.8. The van der Waals surface area contributed by atoms with Gasteiger partial charge < -0.3 is 74.8 Å². The van der Waals surface area contributed by atoms with Gasteiger partial charge in [-0.25, -0.2) is 0 Å². The minimum Gasteiger partial charge on any atom is -0.508 e. The zero-order valence-electron chi connectivity index (χ0n) is 48.6. The number of phenols is 2. The number of nitrogens with two attached hydrogens (primary N) is 2. The van der Waals surface area contributed by atoms with Gasteiger partial charge in [0.2, 0.25) is 59.1 Å². The average Bonchev–Trinajstić information content (AvgIpc) is 3.74. The van der Waals surface area contributed by atoms with Crippen molar-refractivity contribution in [2.24, 2.45) is 11.5 Å². The molecule has 0 unspecified atom stereocenters. The van der Waals surface area contributed by atoms with Crippen LogP contribution in [0.15, 0.2) is 170 Å². The Morgan fingerprint density at radius 2 is 0.648 bits per heavy atom. The Bertz CT molecular complexity index is 3090. The summed E-state index contributed by atoms with van der Waals surface area (Å²) in [4.78, 5) is 135. The maximum atomic E-state index is 13.8. The fraction of sp³-hybridized carbons (Fsp3) is 0.281. The lowest BCUT2D eigenvalue weighted by molar-refractivity contribution is -0.133. The van der Waals surface area contributed by atoms with Crippen molar-refractivity contribution >= 4 is 59.1 Å². The van der Waals surface area contributed by atoms with Gasteiger partial charge in [-0.15, -0.1) is 0 Å². The van der Waals surface area contributed by atoms with Gasteiger partial charge in [-0.2, -0.15) is 0 Å². The number of aromatic hydroxyl groups is 2. The third-order valence-corrected chi connectivity index (χ3v) is 13.8. The smallest absolute Gasteiger partial charge is 0.247 e. The Balaban J connectivity index is 1.01. The third kappa shape index (κ3) is 21.9. The molecule has 0 fully saturated rings. The Labute approximate surface area is 508 Å². The molecule has 0 aliphatic carbocycles. The van der Waals surface area contributed by atoms with Crippen LogP contribution in [0.4, 0.5) is 0 Å². The average molecular weight is 1200 g/mol. The standard InChI is InChI=1S/C64H74N12O12/c1-39(71-59(83)49(65)33-43-23-27-47(77)28-24-43)57(81)73-51(35-41-15-7-3-8-16-41)61(85)69-37-53(79)75-55(45-19-11-5-12-20-45)63(87)67-31-32-68-64(88)56(46-21-13-6-14-22-46)76-54(80)38-70-62(86)52(36-42-17-9-4-10-18-42)74-58(82)40(2)72-60(84)50(66)34-44-25-29-48(78)30-26-44/h3-30,39-40,49-52,55-56,77-78H,31-38,65-66H2,1-2H3,(H,67,87)(H,68,88)(H,69,85)(H,70,86)(H,71,83)(H,72,84)(H,73,81)(H,74,82)(H,75,79)(H,76,80)/t39-,40-,49+,50+,51+,52+,55-,56-/m1/s1. The highest BCUT2D eigenvalue weighted by Gasteiger charge is 2.30. The molecule has 6 rings (SSSR count). The zero-order valence-corrected chi connectivity index (χ0v) is 48.6. The monoisotopic (exact) mass is 1200 g/mol. The third-order valence-electron chi connectivity index (χ3n) is 13.8. The van der Waals surface area contributed by atoms with Crippen LogP contribution in [0, 0.1) is 0 Å². The van der Waals surface area contributed by atoms with Crippen LogP contribution in [-0.4, -0.2) is 132 Å². The molecule has 8 atom stereocenters. The van der Waals surface area contributed by atoms with Crippen LogP contribution in [0.1, 0.15) is 59.3 Å². The van der Waals surface area contributed by atoms with Crippen LogP contribution in [0.25, 0.3) is 0 Å². The maximum absolute atomic E-state index is 13.8. The lowest BCUT2D eigenvalue weighted by atomic mass is 10.0. The highest BCUT2D eigenvalue weighted by Crippen LogP contribution is 2.16. The van der Waals surface area contributed by atoms with Crippen molar-refractivity contribution in [2.75, 3.05) is 26.2 Å². The van der Waals surface area contributed by atoms with Gasteiger partial charge >= 0.3 is 0 Å². The van der Waals surface area contributed by atoms with Crippen molar-refractivity contribution in [2.45, 2.75) is 87.9 Å². The van der Waals surface area contributed by atoms with E-state index in [-0.39, 0.29) is 50.3 Å². The lowest BCUT2D eigenvalue weighted by Crippen LogP contribution is -2.56. The normalized spacial score (nSPS) is 13.5. The summed E-state index contributed by atoms with van der Waals surface area (Å²) in [7, 11) is 0. The predicted octanol–water partition coefficient (Wildman–Crippen LogP) is 0.182. The molecular weight excluding hydrogens is 1130 g/mol. The Hall–Kier alpha value is -10.5. The summed E-state index contributed by atoms with van der Waals surface area (Å²) in [5.41, 5.74) is 15.7. The van der Waals surface area contributed by atoms with Gasteiger partial charge in [-0.3, -0.25) is 47.9 Å². The first kappa shape index (κ1) is 66.7. The van der Waals surface area contributed by atoms with E-state index in [1.54, 1.807) is 146 Å². The number of benzene rings is 6. The minimum absolute atomic E-state index is 0.00952. The van der Waals surface area contributed by atoms with Gasteiger partial charge in [0, 0.05) is 25.9 Å². The molecule has 0 aliphatic heterocycles. The van der Waals surface area contributed by atoms with Crippen molar-refractivity contribution in [1.29, 1.82) is 0 Å². The fourth-order valence-electron chi connectivity index (χ4n) is 8.91. The largest absolute Gasteiger partial charge is 0.508 e. The van der Waals surface area contributed by atoms with Gasteiger partial charge in [0.05, 0.1) is 25.2 Å². The molecule has 0 aliphatic rings. The fourth-order valence-corrected chi connectivity index (χ4v) is 8.91. The van der Waals surface area contributed by atoms with E-state index < -0.39 is 120 Å². The van der Waals surface area contributed by atoms with Crippen LogP contribution >= 0.6 is 0 Å². The van der Waals surface area contributed by atoms with E-state index in [2.05, 4.69) is 53.2 Å². The van der Waals surface area contributed by atoms with Crippen molar-refractivity contribution in [1.82, 2.24) is 53.2 Å². The molecule has 6 aromatic carbocycles. The van der Waals surface area contributed by atoms with Gasteiger partial charge in [0.1, 0.15) is 47.8 Å². The Morgan fingerprint density at radius 3 is 0.977 bits per heavy atom. The van der Waals surface area contributed by atoms with Gasteiger partial charge in [0.15, 0.2) is 0 Å². The van der Waals surface area contributed by atoms with E-state index in [1.165, 1.54) is 38.1 Å². The molecule has 16 N–H and O–H groups in total. The molecule has 0 bridgehead atoms. The van der Waals surface area contributed by atoms with Gasteiger partial charge in [-0.1, -0.05) is 146 Å². The lowest BCUT2D eigenvalue weighted by Gasteiger charge is -2.23. The number of rotatable bonds is 31. The molecular formula is C64H74N12O12. The molecule has 0 spiro atoms. The van der Waals surface area contributed by atoms with Gasteiger partial charge in [0.25, 0.3) is 0 Å². The number of hydrogen-bond acceptors (Lipinski definition) is 14. The minimum atomic E-state index is -1.28. The van der Waals surface area contributed by atoms with E-state index in [0.29, 0.717) is 33.4 Å². The first-order chi connectivity index (χ1) is 42.2. The molecule has 0 saturated carbocycles. The Morgan fingerprint density at radius 1 is 0.341 bits per heavy atom. The molecule has 0 heterocycles. The number of hydrogen-bond donors (Lipinski definition) is 14. The van der Waals surface area contributed by atoms with E-state index in [0.717, 1.165) is 0 Å². The van der Waals surface area contributed by atoms with Crippen LogP contribution in [0.2, 0.25) is 0 Å². The molecule has 24 heteroatoms. The van der Waals surface area contributed by atoms with Crippen molar-refractivity contribution in [3.63, 3.8) is 0 Å². The molecule has 6 aromatic rings. The summed E-state index contributed by atoms with van der Waals surface area (Å²) in [5.74, 6) is -6.94. The zero-order chi connectivity index (χ0) is 63.5. The summed E-state index contributed by atoms with van der Waals surface area (Å²) >= 11 is 0. The Kier molecular flexibility index (Phi) is 25.7. The van der Waals surface area contributed by atoms with Crippen LogP contribution in [0.3, 0.4) is 0 Å². The molecule has 88 heavy (non-hydrogen) atoms. The van der Waals surface area contributed by atoms with Crippen LogP contribution < -0.4 is 64.6 Å². The number of carbonyl (C=O) groups excluding carboxylic acids is 10.